The molecule has 66 valence electrons. The molecule has 4 nitrogen and oxygen atoms in total. The van der Waals surface area contributed by atoms with Crippen LogP contribution in [0.25, 0.3) is 5.53 Å². The normalized spacial score (nSPS) is 9.33. The summed E-state index contributed by atoms with van der Waals surface area (Å²) in [5, 5.41) is -1.02. The van der Waals surface area contributed by atoms with Crippen molar-refractivity contribution >= 4 is 28.3 Å². The Balaban J connectivity index is 4.47. The molecular formula is C7H9ClN2O2. The van der Waals surface area contributed by atoms with Gasteiger partial charge in [-0.1, -0.05) is 13.8 Å². The van der Waals surface area contributed by atoms with Crippen LogP contribution in [0.2, 0.25) is 0 Å². The maximum absolute atomic E-state index is 11.0. The van der Waals surface area contributed by atoms with E-state index in [4.69, 9.17) is 17.1 Å². The molecule has 12 heavy (non-hydrogen) atoms. The molecule has 0 aliphatic rings. The van der Waals surface area contributed by atoms with Crippen molar-refractivity contribution in [2.75, 3.05) is 0 Å². The molecule has 0 rings (SSSR count). The number of halogens is 1. The Kier molecular flexibility index (Phi) is 4.40. The van der Waals surface area contributed by atoms with Crippen molar-refractivity contribution in [3.8, 4) is 0 Å². The number of carbonyl (C=O) groups excluding carboxylic acids is 2. The maximum atomic E-state index is 11.0. The smallest absolute Gasteiger partial charge is 0.360 e. The largest absolute Gasteiger partial charge is 0.416 e. The molecule has 0 heterocycles. The first-order valence-corrected chi connectivity index (χ1v) is 3.82. The summed E-state index contributed by atoms with van der Waals surface area (Å²) in [7, 11) is 0. The van der Waals surface area contributed by atoms with Crippen LogP contribution in [-0.2, 0) is 9.59 Å². The molecule has 0 N–H and O–H groups in total. The lowest BCUT2D eigenvalue weighted by molar-refractivity contribution is -0.121. The van der Waals surface area contributed by atoms with E-state index in [0.29, 0.717) is 0 Å². The Morgan fingerprint density at radius 1 is 1.50 bits per heavy atom. The predicted molar refractivity (Wildman–Crippen MR) is 43.9 cm³/mol. The Morgan fingerprint density at radius 2 is 2.00 bits per heavy atom. The first kappa shape index (κ1) is 11.0. The van der Waals surface area contributed by atoms with Gasteiger partial charge >= 0.3 is 11.0 Å². The summed E-state index contributed by atoms with van der Waals surface area (Å²) in [6.07, 6.45) is 0.151. The summed E-state index contributed by atoms with van der Waals surface area (Å²) < 4.78 is 0. The quantitative estimate of drug-likeness (QED) is 0.217. The van der Waals surface area contributed by atoms with Gasteiger partial charge in [-0.3, -0.25) is 9.59 Å². The van der Waals surface area contributed by atoms with Crippen molar-refractivity contribution in [3.63, 3.8) is 0 Å². The van der Waals surface area contributed by atoms with Crippen LogP contribution in [0.1, 0.15) is 20.3 Å². The molecule has 0 aliphatic heterocycles. The molecular weight excluding hydrogens is 180 g/mol. The van der Waals surface area contributed by atoms with Gasteiger partial charge in [0.1, 0.15) is 0 Å². The topological polar surface area (TPSA) is 70.5 Å². The van der Waals surface area contributed by atoms with Gasteiger partial charge in [0.25, 0.3) is 0 Å². The van der Waals surface area contributed by atoms with Gasteiger partial charge in [0, 0.05) is 6.42 Å². The second-order valence-electron chi connectivity index (χ2n) is 2.74. The van der Waals surface area contributed by atoms with Crippen LogP contribution < -0.4 is 0 Å². The minimum absolute atomic E-state index is 0.102. The van der Waals surface area contributed by atoms with Gasteiger partial charge < -0.3 is 5.53 Å². The third-order valence-electron chi connectivity index (χ3n) is 1.14. The highest BCUT2D eigenvalue weighted by Gasteiger charge is 2.27. The number of rotatable bonds is 4. The molecule has 0 spiro atoms. The van der Waals surface area contributed by atoms with Crippen LogP contribution in [0.3, 0.4) is 0 Å². The lowest BCUT2D eigenvalue weighted by Gasteiger charge is -1.96. The van der Waals surface area contributed by atoms with Crippen molar-refractivity contribution in [2.24, 2.45) is 5.92 Å². The van der Waals surface area contributed by atoms with Gasteiger partial charge in [-0.25, -0.2) is 0 Å². The zero-order valence-corrected chi connectivity index (χ0v) is 7.63. The van der Waals surface area contributed by atoms with Gasteiger partial charge in [-0.2, -0.15) is 4.79 Å². The van der Waals surface area contributed by atoms with Crippen molar-refractivity contribution in [2.45, 2.75) is 20.3 Å². The second kappa shape index (κ2) is 4.80. The molecule has 0 atom stereocenters. The fraction of sp³-hybridized carbons (Fsp3) is 0.571. The second-order valence-corrected chi connectivity index (χ2v) is 3.09. The van der Waals surface area contributed by atoms with E-state index < -0.39 is 16.7 Å². The molecule has 0 aromatic rings. The average molecular weight is 189 g/mol. The third kappa shape index (κ3) is 3.42. The number of hydrogen-bond donors (Lipinski definition) is 0. The van der Waals surface area contributed by atoms with Gasteiger partial charge in [0.2, 0.25) is 5.78 Å². The molecule has 0 bridgehead atoms. The molecule has 0 saturated heterocycles. The highest BCUT2D eigenvalue weighted by molar-refractivity contribution is 6.90. The zero-order chi connectivity index (χ0) is 9.72. The highest BCUT2D eigenvalue weighted by Crippen LogP contribution is 2.01. The predicted octanol–water partition coefficient (Wildman–Crippen LogP) is 1.04. The van der Waals surface area contributed by atoms with Crippen LogP contribution in [0, 0.1) is 5.92 Å². The fourth-order valence-electron chi connectivity index (χ4n) is 0.672. The standard InChI is InChI=1S/C7H9ClN2O2/c1-4(2)3-5(11)6(10-9)7(8)12/h4H,3H2,1-2H3. The lowest BCUT2D eigenvalue weighted by Crippen LogP contribution is -2.22. The van der Waals surface area contributed by atoms with E-state index in [1.807, 2.05) is 13.8 Å². The van der Waals surface area contributed by atoms with E-state index >= 15 is 0 Å². The summed E-state index contributed by atoms with van der Waals surface area (Å²) >= 11 is 4.97. The van der Waals surface area contributed by atoms with E-state index in [1.54, 1.807) is 0 Å². The van der Waals surface area contributed by atoms with Gasteiger partial charge in [0.05, 0.1) is 0 Å². The SMILES string of the molecule is CC(C)CC(=O)C(=[N+]=[N-])C(=O)Cl. The van der Waals surface area contributed by atoms with Crippen LogP contribution in [0.5, 0.6) is 0 Å². The third-order valence-corrected chi connectivity index (χ3v) is 1.32. The van der Waals surface area contributed by atoms with E-state index in [-0.39, 0.29) is 12.3 Å². The van der Waals surface area contributed by atoms with Crippen LogP contribution >= 0.6 is 11.6 Å². The molecule has 0 saturated carbocycles. The van der Waals surface area contributed by atoms with Gasteiger partial charge in [0.15, 0.2) is 0 Å². The zero-order valence-electron chi connectivity index (χ0n) is 6.87. The van der Waals surface area contributed by atoms with Crippen molar-refractivity contribution < 1.29 is 14.4 Å². The van der Waals surface area contributed by atoms with E-state index in [2.05, 4.69) is 4.79 Å². The van der Waals surface area contributed by atoms with E-state index in [9.17, 15) is 9.59 Å². The minimum Gasteiger partial charge on any atom is -0.360 e. The molecule has 0 aromatic heterocycles. The first-order valence-electron chi connectivity index (χ1n) is 3.44. The van der Waals surface area contributed by atoms with Crippen molar-refractivity contribution in [1.82, 2.24) is 0 Å². The van der Waals surface area contributed by atoms with Crippen LogP contribution in [0.15, 0.2) is 0 Å². The molecule has 0 fully saturated rings. The highest BCUT2D eigenvalue weighted by atomic mass is 35.5. The number of nitrogens with zero attached hydrogens (tertiary/aromatic N) is 2. The molecule has 0 aromatic carbocycles. The molecule has 0 radical (unpaired) electrons. The molecule has 0 aliphatic carbocycles. The van der Waals surface area contributed by atoms with Crippen molar-refractivity contribution in [1.29, 1.82) is 0 Å². The Bertz CT molecular complexity index is 254. The van der Waals surface area contributed by atoms with E-state index in [1.165, 1.54) is 0 Å². The molecule has 0 amide bonds. The number of hydrogen-bond acceptors (Lipinski definition) is 2. The number of carbonyl (C=O) groups is 2. The van der Waals surface area contributed by atoms with Crippen molar-refractivity contribution in [3.05, 3.63) is 5.53 Å². The maximum Gasteiger partial charge on any atom is 0.416 e. The summed E-state index contributed by atoms with van der Waals surface area (Å²) in [5.74, 6) is -0.433. The minimum atomic E-state index is -1.02. The Hall–Kier alpha value is -0.990. The monoisotopic (exact) mass is 188 g/mol. The first-order chi connectivity index (χ1) is 5.49. The number of Topliss-reactive ketones (excluding diaryl/α,β-unsaturated/α-hetero) is 1. The lowest BCUT2D eigenvalue weighted by atomic mass is 10.0. The van der Waals surface area contributed by atoms with Crippen LogP contribution in [-0.4, -0.2) is 21.5 Å². The van der Waals surface area contributed by atoms with Gasteiger partial charge in [-0.05, 0) is 17.5 Å². The molecule has 0 unspecified atom stereocenters. The summed E-state index contributed by atoms with van der Waals surface area (Å²) in [6, 6.07) is 0. The Labute approximate surface area is 75.1 Å². The number of ketones is 1. The Morgan fingerprint density at radius 3 is 2.25 bits per heavy atom. The van der Waals surface area contributed by atoms with E-state index in [0.717, 1.165) is 0 Å². The molecule has 5 heteroatoms. The summed E-state index contributed by atoms with van der Waals surface area (Å²) in [6.45, 7) is 3.62. The van der Waals surface area contributed by atoms with Gasteiger partial charge in [-0.15, -0.1) is 0 Å². The van der Waals surface area contributed by atoms with Crippen LogP contribution in [0.4, 0.5) is 0 Å². The summed E-state index contributed by atoms with van der Waals surface area (Å²) in [4.78, 5) is 24.0. The average Bonchev–Trinajstić information content (AvgIpc) is 1.85. The summed E-state index contributed by atoms with van der Waals surface area (Å²) in [5.41, 5.74) is 7.65. The fourth-order valence-corrected chi connectivity index (χ4v) is 0.815.